The van der Waals surface area contributed by atoms with Crippen LogP contribution >= 0.6 is 15.9 Å². The van der Waals surface area contributed by atoms with Gasteiger partial charge in [-0.1, -0.05) is 18.2 Å². The minimum absolute atomic E-state index is 0.169. The Hall–Kier alpha value is -2.14. The molecule has 0 fully saturated rings. The van der Waals surface area contributed by atoms with Gasteiger partial charge >= 0.3 is 0 Å². The third-order valence-electron chi connectivity index (χ3n) is 2.77. The molecule has 0 aliphatic carbocycles. The van der Waals surface area contributed by atoms with E-state index in [0.29, 0.717) is 27.8 Å². The molecule has 0 atom stereocenters. The van der Waals surface area contributed by atoms with E-state index >= 15 is 0 Å². The second kappa shape index (κ2) is 7.04. The summed E-state index contributed by atoms with van der Waals surface area (Å²) in [6.45, 7) is 1.78. The highest BCUT2D eigenvalue weighted by molar-refractivity contribution is 9.10. The molecular weight excluding hydrogens is 334 g/mol. The molecule has 5 heteroatoms. The fourth-order valence-electron chi connectivity index (χ4n) is 1.83. The van der Waals surface area contributed by atoms with Gasteiger partial charge in [0.25, 0.3) is 5.91 Å². The lowest BCUT2D eigenvalue weighted by molar-refractivity contribution is -0.118. The number of halogens is 1. The van der Waals surface area contributed by atoms with E-state index in [1.54, 1.807) is 24.3 Å². The monoisotopic (exact) mass is 347 g/mol. The average Bonchev–Trinajstić information content (AvgIpc) is 2.45. The molecule has 2 aromatic rings. The SMILES string of the molecule is Cc1cccc(NC(=O)COc2c(Br)cccc2C=O)c1. The second-order valence-electron chi connectivity index (χ2n) is 4.48. The summed E-state index contributed by atoms with van der Waals surface area (Å²) >= 11 is 3.30. The van der Waals surface area contributed by atoms with E-state index in [1.165, 1.54) is 0 Å². The number of amides is 1. The van der Waals surface area contributed by atoms with Gasteiger partial charge in [-0.05, 0) is 52.7 Å². The summed E-state index contributed by atoms with van der Waals surface area (Å²) in [7, 11) is 0. The topological polar surface area (TPSA) is 55.4 Å². The molecule has 21 heavy (non-hydrogen) atoms. The number of ether oxygens (including phenoxy) is 1. The Balaban J connectivity index is 2.00. The quantitative estimate of drug-likeness (QED) is 0.841. The Labute approximate surface area is 131 Å². The maximum absolute atomic E-state index is 11.9. The van der Waals surface area contributed by atoms with Crippen LogP contribution in [0.1, 0.15) is 15.9 Å². The lowest BCUT2D eigenvalue weighted by Gasteiger charge is -2.11. The normalized spacial score (nSPS) is 10.0. The Morgan fingerprint density at radius 2 is 2.05 bits per heavy atom. The number of nitrogens with one attached hydrogen (secondary N) is 1. The van der Waals surface area contributed by atoms with Gasteiger partial charge in [0.15, 0.2) is 12.9 Å². The van der Waals surface area contributed by atoms with Crippen molar-refractivity contribution in [2.45, 2.75) is 6.92 Å². The average molecular weight is 348 g/mol. The number of rotatable bonds is 5. The van der Waals surface area contributed by atoms with E-state index in [-0.39, 0.29) is 12.5 Å². The summed E-state index contributed by atoms with van der Waals surface area (Å²) < 4.78 is 6.07. The molecule has 0 heterocycles. The zero-order valence-electron chi connectivity index (χ0n) is 11.4. The highest BCUT2D eigenvalue weighted by Gasteiger charge is 2.10. The van der Waals surface area contributed by atoms with Gasteiger partial charge in [-0.25, -0.2) is 0 Å². The number of benzene rings is 2. The van der Waals surface area contributed by atoms with E-state index in [4.69, 9.17) is 4.74 Å². The Morgan fingerprint density at radius 1 is 1.29 bits per heavy atom. The van der Waals surface area contributed by atoms with Crippen LogP contribution in [0.25, 0.3) is 0 Å². The largest absolute Gasteiger partial charge is 0.482 e. The molecule has 0 saturated heterocycles. The van der Waals surface area contributed by atoms with Crippen LogP contribution in [0.15, 0.2) is 46.9 Å². The Kier molecular flexibility index (Phi) is 5.11. The summed E-state index contributed by atoms with van der Waals surface area (Å²) in [5.41, 5.74) is 2.17. The number of hydrogen-bond acceptors (Lipinski definition) is 3. The fraction of sp³-hybridized carbons (Fsp3) is 0.125. The van der Waals surface area contributed by atoms with Crippen LogP contribution in [-0.2, 0) is 4.79 Å². The summed E-state index contributed by atoms with van der Waals surface area (Å²) in [6.07, 6.45) is 0.693. The number of carbonyl (C=O) groups excluding carboxylic acids is 2. The van der Waals surface area contributed by atoms with Gasteiger partial charge in [0.05, 0.1) is 10.0 Å². The Morgan fingerprint density at radius 3 is 2.76 bits per heavy atom. The van der Waals surface area contributed by atoms with Crippen molar-refractivity contribution in [1.29, 1.82) is 0 Å². The zero-order chi connectivity index (χ0) is 15.2. The lowest BCUT2D eigenvalue weighted by Crippen LogP contribution is -2.20. The van der Waals surface area contributed by atoms with Crippen LogP contribution in [0, 0.1) is 6.92 Å². The van der Waals surface area contributed by atoms with Crippen LogP contribution in [0.3, 0.4) is 0 Å². The molecule has 0 aromatic heterocycles. The molecule has 108 valence electrons. The van der Waals surface area contributed by atoms with Gasteiger partial charge in [-0.15, -0.1) is 0 Å². The summed E-state index contributed by atoms with van der Waals surface area (Å²) in [5.74, 6) is 0.0834. The molecule has 0 aliphatic heterocycles. The molecule has 2 aromatic carbocycles. The van der Waals surface area contributed by atoms with E-state index in [9.17, 15) is 9.59 Å². The molecule has 0 bridgehead atoms. The minimum atomic E-state index is -0.284. The molecule has 1 amide bonds. The van der Waals surface area contributed by atoms with Crippen molar-refractivity contribution in [1.82, 2.24) is 0 Å². The first-order valence-electron chi connectivity index (χ1n) is 6.33. The number of anilines is 1. The van der Waals surface area contributed by atoms with Crippen molar-refractivity contribution >= 4 is 33.8 Å². The number of carbonyl (C=O) groups is 2. The predicted molar refractivity (Wildman–Crippen MR) is 84.8 cm³/mol. The van der Waals surface area contributed by atoms with Gasteiger partial charge in [0.1, 0.15) is 5.75 Å². The van der Waals surface area contributed by atoms with Crippen molar-refractivity contribution in [3.8, 4) is 5.75 Å². The zero-order valence-corrected chi connectivity index (χ0v) is 13.0. The van der Waals surface area contributed by atoms with Gasteiger partial charge < -0.3 is 10.1 Å². The summed E-state index contributed by atoms with van der Waals surface area (Å²) in [6, 6.07) is 12.6. The fourth-order valence-corrected chi connectivity index (χ4v) is 2.32. The molecule has 2 rings (SSSR count). The lowest BCUT2D eigenvalue weighted by atomic mass is 10.2. The first-order valence-corrected chi connectivity index (χ1v) is 7.12. The number of aryl methyl sites for hydroxylation is 1. The van der Waals surface area contributed by atoms with Crippen molar-refractivity contribution in [2.24, 2.45) is 0 Å². The van der Waals surface area contributed by atoms with E-state index in [1.807, 2.05) is 25.1 Å². The molecule has 1 N–H and O–H groups in total. The van der Waals surface area contributed by atoms with Crippen LogP contribution in [0.4, 0.5) is 5.69 Å². The highest BCUT2D eigenvalue weighted by atomic mass is 79.9. The molecule has 0 aliphatic rings. The first-order chi connectivity index (χ1) is 10.1. The molecular formula is C16H14BrNO3. The van der Waals surface area contributed by atoms with Gasteiger partial charge in [-0.3, -0.25) is 9.59 Å². The van der Waals surface area contributed by atoms with Gasteiger partial charge in [0.2, 0.25) is 0 Å². The van der Waals surface area contributed by atoms with Crippen molar-refractivity contribution in [3.63, 3.8) is 0 Å². The third-order valence-corrected chi connectivity index (χ3v) is 3.40. The molecule has 4 nitrogen and oxygen atoms in total. The Bertz CT molecular complexity index is 670. The molecule has 0 spiro atoms. The minimum Gasteiger partial charge on any atom is -0.482 e. The van der Waals surface area contributed by atoms with E-state index < -0.39 is 0 Å². The van der Waals surface area contributed by atoms with E-state index in [0.717, 1.165) is 5.56 Å². The molecule has 0 radical (unpaired) electrons. The van der Waals surface area contributed by atoms with Crippen LogP contribution in [-0.4, -0.2) is 18.8 Å². The first kappa shape index (κ1) is 15.3. The standard InChI is InChI=1S/C16H14BrNO3/c1-11-4-2-6-13(8-11)18-15(20)10-21-16-12(9-19)5-3-7-14(16)17/h2-9H,10H2,1H3,(H,18,20). The number of aldehydes is 1. The van der Waals surface area contributed by atoms with Crippen molar-refractivity contribution < 1.29 is 14.3 Å². The molecule has 0 saturated carbocycles. The molecule has 0 unspecified atom stereocenters. The van der Waals surface area contributed by atoms with E-state index in [2.05, 4.69) is 21.2 Å². The van der Waals surface area contributed by atoms with Crippen LogP contribution in [0.5, 0.6) is 5.75 Å². The van der Waals surface area contributed by atoms with Gasteiger partial charge in [0, 0.05) is 5.69 Å². The predicted octanol–water partition coefficient (Wildman–Crippen LogP) is 3.59. The third kappa shape index (κ3) is 4.16. The second-order valence-corrected chi connectivity index (χ2v) is 5.34. The number of hydrogen-bond donors (Lipinski definition) is 1. The van der Waals surface area contributed by atoms with Crippen LogP contribution < -0.4 is 10.1 Å². The summed E-state index contributed by atoms with van der Waals surface area (Å²) in [5, 5.41) is 2.74. The van der Waals surface area contributed by atoms with Crippen molar-refractivity contribution in [2.75, 3.05) is 11.9 Å². The smallest absolute Gasteiger partial charge is 0.262 e. The maximum Gasteiger partial charge on any atom is 0.262 e. The highest BCUT2D eigenvalue weighted by Crippen LogP contribution is 2.27. The van der Waals surface area contributed by atoms with Gasteiger partial charge in [-0.2, -0.15) is 0 Å². The van der Waals surface area contributed by atoms with Crippen LogP contribution in [0.2, 0.25) is 0 Å². The van der Waals surface area contributed by atoms with Crippen molar-refractivity contribution in [3.05, 3.63) is 58.1 Å². The maximum atomic E-state index is 11.9. The summed E-state index contributed by atoms with van der Waals surface area (Å²) in [4.78, 5) is 22.8. The number of para-hydroxylation sites is 1.